The summed E-state index contributed by atoms with van der Waals surface area (Å²) < 4.78 is 5.48. The van der Waals surface area contributed by atoms with Crippen molar-refractivity contribution >= 4 is 5.57 Å². The maximum atomic E-state index is 9.90. The average Bonchev–Trinajstić information content (AvgIpc) is 2.13. The van der Waals surface area contributed by atoms with Gasteiger partial charge in [0.25, 0.3) is 0 Å². The van der Waals surface area contributed by atoms with E-state index in [0.29, 0.717) is 12.4 Å². The summed E-state index contributed by atoms with van der Waals surface area (Å²) in [5.74, 6) is 0.790. The number of ether oxygens (including phenoxy) is 1. The Balaban J connectivity index is 2.18. The summed E-state index contributed by atoms with van der Waals surface area (Å²) in [6, 6.07) is 2.96. The van der Waals surface area contributed by atoms with Gasteiger partial charge in [0.1, 0.15) is 17.2 Å². The Hall–Kier alpha value is -1.64. The van der Waals surface area contributed by atoms with Crippen LogP contribution in [0.3, 0.4) is 0 Å². The lowest BCUT2D eigenvalue weighted by Gasteiger charge is -2.28. The third-order valence-corrected chi connectivity index (χ3v) is 3.36. The van der Waals surface area contributed by atoms with Gasteiger partial charge >= 0.3 is 0 Å². The molecule has 1 heterocycles. The Morgan fingerprint density at radius 2 is 1.88 bits per heavy atom. The van der Waals surface area contributed by atoms with Gasteiger partial charge in [-0.1, -0.05) is 5.57 Å². The molecule has 1 fully saturated rings. The van der Waals surface area contributed by atoms with Crippen LogP contribution < -0.4 is 4.74 Å². The van der Waals surface area contributed by atoms with Crippen LogP contribution in [0.5, 0.6) is 17.2 Å². The summed E-state index contributed by atoms with van der Waals surface area (Å²) in [6.07, 6.45) is 4.37. The predicted octanol–water partition coefficient (Wildman–Crippen LogP) is 2.82. The summed E-state index contributed by atoms with van der Waals surface area (Å²) in [4.78, 5) is 0. The number of hydrogen-bond acceptors (Lipinski definition) is 3. The lowest BCUT2D eigenvalue weighted by atomic mass is 9.83. The number of fused-ring (bicyclic) bond motifs is 1. The van der Waals surface area contributed by atoms with E-state index in [2.05, 4.69) is 0 Å². The maximum absolute atomic E-state index is 9.90. The largest absolute Gasteiger partial charge is 0.508 e. The van der Waals surface area contributed by atoms with Gasteiger partial charge in [-0.3, -0.25) is 0 Å². The molecule has 1 aromatic rings. The van der Waals surface area contributed by atoms with Crippen molar-refractivity contribution in [2.45, 2.75) is 25.7 Å². The summed E-state index contributed by atoms with van der Waals surface area (Å²) in [5.41, 5.74) is 3.45. The standard InChI is InChI=1S/C13H14O3/c14-9-6-11(15)13-10(8-2-1-3-8)4-5-16-12(13)7-9/h6-7,14-15H,1-5H2. The van der Waals surface area contributed by atoms with Gasteiger partial charge in [0.05, 0.1) is 12.2 Å². The number of hydrogen-bond donors (Lipinski definition) is 2. The first kappa shape index (κ1) is 9.58. The van der Waals surface area contributed by atoms with Crippen molar-refractivity contribution in [1.82, 2.24) is 0 Å². The second-order valence-corrected chi connectivity index (χ2v) is 4.37. The van der Waals surface area contributed by atoms with Crippen molar-refractivity contribution in [2.24, 2.45) is 0 Å². The van der Waals surface area contributed by atoms with Crippen LogP contribution in [-0.2, 0) is 0 Å². The molecule has 3 nitrogen and oxygen atoms in total. The second-order valence-electron chi connectivity index (χ2n) is 4.37. The monoisotopic (exact) mass is 218 g/mol. The van der Waals surface area contributed by atoms with Crippen molar-refractivity contribution in [1.29, 1.82) is 0 Å². The molecule has 2 N–H and O–H groups in total. The SMILES string of the molecule is Oc1cc(O)c2c(c1)OCCC2=C1CCC1. The lowest BCUT2D eigenvalue weighted by molar-refractivity contribution is 0.309. The maximum Gasteiger partial charge on any atom is 0.134 e. The molecule has 0 radical (unpaired) electrons. The van der Waals surface area contributed by atoms with Crippen LogP contribution in [0, 0.1) is 0 Å². The predicted molar refractivity (Wildman–Crippen MR) is 60.7 cm³/mol. The number of rotatable bonds is 0. The van der Waals surface area contributed by atoms with Crippen LogP contribution >= 0.6 is 0 Å². The fraction of sp³-hybridized carbons (Fsp3) is 0.385. The highest BCUT2D eigenvalue weighted by Gasteiger charge is 2.25. The van der Waals surface area contributed by atoms with E-state index in [0.717, 1.165) is 24.8 Å². The van der Waals surface area contributed by atoms with Gasteiger partial charge in [0, 0.05) is 18.6 Å². The van der Waals surface area contributed by atoms with E-state index in [1.807, 2.05) is 0 Å². The Kier molecular flexibility index (Phi) is 2.06. The number of benzene rings is 1. The molecular weight excluding hydrogens is 204 g/mol. The van der Waals surface area contributed by atoms with Crippen LogP contribution in [0.2, 0.25) is 0 Å². The molecule has 0 unspecified atom stereocenters. The molecule has 0 atom stereocenters. The second kappa shape index (κ2) is 3.44. The number of aromatic hydroxyl groups is 2. The van der Waals surface area contributed by atoms with Gasteiger partial charge in [-0.05, 0) is 24.8 Å². The molecule has 0 aromatic heterocycles. The molecule has 84 valence electrons. The van der Waals surface area contributed by atoms with Gasteiger partial charge in [0.15, 0.2) is 0 Å². The number of allylic oxidation sites excluding steroid dienone is 1. The van der Waals surface area contributed by atoms with E-state index in [1.165, 1.54) is 23.6 Å². The zero-order chi connectivity index (χ0) is 11.1. The minimum atomic E-state index is 0.0520. The molecular formula is C13H14O3. The van der Waals surface area contributed by atoms with Crippen LogP contribution in [-0.4, -0.2) is 16.8 Å². The van der Waals surface area contributed by atoms with Gasteiger partial charge in [0.2, 0.25) is 0 Å². The third-order valence-electron chi connectivity index (χ3n) is 3.36. The molecule has 1 aromatic carbocycles. The Labute approximate surface area is 94.0 Å². The molecule has 1 saturated carbocycles. The summed E-state index contributed by atoms with van der Waals surface area (Å²) >= 11 is 0. The van der Waals surface area contributed by atoms with Crippen molar-refractivity contribution < 1.29 is 14.9 Å². The molecule has 0 bridgehead atoms. The third kappa shape index (κ3) is 1.35. The Bertz CT molecular complexity index is 468. The molecule has 1 aliphatic heterocycles. The average molecular weight is 218 g/mol. The Morgan fingerprint density at radius 3 is 2.56 bits per heavy atom. The van der Waals surface area contributed by atoms with Crippen LogP contribution in [0.1, 0.15) is 31.2 Å². The fourth-order valence-electron chi connectivity index (χ4n) is 2.40. The van der Waals surface area contributed by atoms with Crippen molar-refractivity contribution in [3.05, 3.63) is 23.3 Å². The normalized spacial score (nSPS) is 18.8. The van der Waals surface area contributed by atoms with E-state index in [-0.39, 0.29) is 11.5 Å². The smallest absolute Gasteiger partial charge is 0.134 e. The van der Waals surface area contributed by atoms with E-state index in [4.69, 9.17) is 4.74 Å². The van der Waals surface area contributed by atoms with E-state index >= 15 is 0 Å². The molecule has 0 spiro atoms. The molecule has 2 aliphatic rings. The zero-order valence-electron chi connectivity index (χ0n) is 8.99. The van der Waals surface area contributed by atoms with E-state index in [9.17, 15) is 10.2 Å². The van der Waals surface area contributed by atoms with Crippen molar-refractivity contribution in [2.75, 3.05) is 6.61 Å². The van der Waals surface area contributed by atoms with E-state index < -0.39 is 0 Å². The fourth-order valence-corrected chi connectivity index (χ4v) is 2.40. The molecule has 0 amide bonds. The van der Waals surface area contributed by atoms with Crippen molar-refractivity contribution in [3.8, 4) is 17.2 Å². The summed E-state index contributed by atoms with van der Waals surface area (Å²) in [5, 5.41) is 19.3. The highest BCUT2D eigenvalue weighted by molar-refractivity contribution is 5.80. The highest BCUT2D eigenvalue weighted by atomic mass is 16.5. The van der Waals surface area contributed by atoms with Gasteiger partial charge in [-0.25, -0.2) is 0 Å². The number of phenolic OH excluding ortho intramolecular Hbond substituents is 2. The first-order valence-corrected chi connectivity index (χ1v) is 5.66. The summed E-state index contributed by atoms with van der Waals surface area (Å²) in [6.45, 7) is 0.634. The zero-order valence-corrected chi connectivity index (χ0v) is 8.99. The van der Waals surface area contributed by atoms with Crippen LogP contribution in [0.15, 0.2) is 17.7 Å². The molecule has 1 aliphatic carbocycles. The molecule has 3 rings (SSSR count). The summed E-state index contributed by atoms with van der Waals surface area (Å²) in [7, 11) is 0. The first-order chi connectivity index (χ1) is 7.75. The van der Waals surface area contributed by atoms with Gasteiger partial charge in [-0.15, -0.1) is 0 Å². The topological polar surface area (TPSA) is 49.7 Å². The van der Waals surface area contributed by atoms with Crippen LogP contribution in [0.4, 0.5) is 0 Å². The molecule has 0 saturated heterocycles. The first-order valence-electron chi connectivity index (χ1n) is 5.66. The van der Waals surface area contributed by atoms with Crippen LogP contribution in [0.25, 0.3) is 5.57 Å². The minimum absolute atomic E-state index is 0.0520. The van der Waals surface area contributed by atoms with E-state index in [1.54, 1.807) is 6.07 Å². The number of phenols is 2. The van der Waals surface area contributed by atoms with Gasteiger partial charge in [-0.2, -0.15) is 0 Å². The molecule has 3 heteroatoms. The van der Waals surface area contributed by atoms with Crippen molar-refractivity contribution in [3.63, 3.8) is 0 Å². The quantitative estimate of drug-likeness (QED) is 0.704. The van der Waals surface area contributed by atoms with Gasteiger partial charge < -0.3 is 14.9 Å². The Morgan fingerprint density at radius 1 is 1.06 bits per heavy atom. The molecule has 16 heavy (non-hydrogen) atoms. The lowest BCUT2D eigenvalue weighted by Crippen LogP contribution is -2.12. The minimum Gasteiger partial charge on any atom is -0.508 e. The highest BCUT2D eigenvalue weighted by Crippen LogP contribution is 2.46.